The number of halogens is 4. The van der Waals surface area contributed by atoms with Gasteiger partial charge in [0, 0.05) is 13.1 Å². The molecule has 2 fully saturated rings. The molecule has 4 heterocycles. The Morgan fingerprint density at radius 3 is 2.62 bits per heavy atom. The number of aromatic nitrogens is 3. The van der Waals surface area contributed by atoms with Crippen molar-refractivity contribution in [2.75, 3.05) is 23.3 Å². The third-order valence-corrected chi connectivity index (χ3v) is 6.50. The van der Waals surface area contributed by atoms with Gasteiger partial charge in [0.15, 0.2) is 11.6 Å². The summed E-state index contributed by atoms with van der Waals surface area (Å²) >= 11 is 5.88. The van der Waals surface area contributed by atoms with Crippen molar-refractivity contribution in [1.82, 2.24) is 19.9 Å². The van der Waals surface area contributed by atoms with Gasteiger partial charge in [-0.3, -0.25) is 0 Å². The molecular formula is C24H24ClF3N6O3. The van der Waals surface area contributed by atoms with E-state index in [1.807, 2.05) is 26.8 Å². The number of nitrogens with zero attached hydrogens (tertiary/aromatic N) is 5. The highest BCUT2D eigenvalue weighted by molar-refractivity contribution is 6.32. The molecule has 3 aromatic rings. The fraction of sp³-hybridized carbons (Fsp3) is 0.417. The lowest BCUT2D eigenvalue weighted by Crippen LogP contribution is -2.50. The Bertz CT molecular complexity index is 1360. The number of carbonyl (C=O) groups excluding carboxylic acids is 1. The van der Waals surface area contributed by atoms with Crippen LogP contribution in [0.15, 0.2) is 30.6 Å². The summed E-state index contributed by atoms with van der Waals surface area (Å²) in [7, 11) is 0. The molecule has 0 aliphatic carbocycles. The van der Waals surface area contributed by atoms with Crippen LogP contribution >= 0.6 is 11.6 Å². The van der Waals surface area contributed by atoms with Gasteiger partial charge in [-0.1, -0.05) is 11.6 Å². The Balaban J connectivity index is 1.38. The van der Waals surface area contributed by atoms with Gasteiger partial charge in [0.25, 0.3) is 0 Å². The highest BCUT2D eigenvalue weighted by Crippen LogP contribution is 2.37. The van der Waals surface area contributed by atoms with Crippen LogP contribution < -0.4 is 15.0 Å². The van der Waals surface area contributed by atoms with Gasteiger partial charge in [0.1, 0.15) is 34.0 Å². The molecule has 2 aliphatic rings. The van der Waals surface area contributed by atoms with Gasteiger partial charge in [-0.05, 0) is 51.5 Å². The number of rotatable bonds is 5. The van der Waals surface area contributed by atoms with Gasteiger partial charge in [-0.2, -0.15) is 8.78 Å². The van der Waals surface area contributed by atoms with E-state index in [0.717, 1.165) is 12.5 Å². The van der Waals surface area contributed by atoms with E-state index in [1.165, 1.54) is 12.4 Å². The largest absolute Gasteiger partial charge is 0.444 e. The van der Waals surface area contributed by atoms with Crippen LogP contribution in [0, 0.1) is 5.82 Å². The molecule has 0 spiro atoms. The first-order chi connectivity index (χ1) is 17.5. The fourth-order valence-corrected chi connectivity index (χ4v) is 4.83. The summed E-state index contributed by atoms with van der Waals surface area (Å²) in [6.07, 6.45) is 1.78. The zero-order valence-electron chi connectivity index (χ0n) is 20.2. The molecule has 1 amide bonds. The molecule has 0 saturated carbocycles. The van der Waals surface area contributed by atoms with E-state index < -0.39 is 28.8 Å². The van der Waals surface area contributed by atoms with E-state index >= 15 is 0 Å². The maximum absolute atomic E-state index is 14.8. The Labute approximate surface area is 215 Å². The number of hydrogen-bond acceptors (Lipinski definition) is 8. The molecule has 9 nitrogen and oxygen atoms in total. The zero-order chi connectivity index (χ0) is 26.5. The van der Waals surface area contributed by atoms with Gasteiger partial charge in [0.05, 0.1) is 23.3 Å². The SMILES string of the molecule is CC(C)(C)OC(=O)N1C[C@@H]2C[C@H]1CN2c1ccc2ncnc(Nc3ccc(OC(F)F)c(Cl)c3F)c2n1. The number of anilines is 3. The number of likely N-dealkylation sites (tertiary alicyclic amines) is 1. The smallest absolute Gasteiger partial charge is 0.410 e. The van der Waals surface area contributed by atoms with E-state index in [0.29, 0.717) is 29.9 Å². The zero-order valence-corrected chi connectivity index (χ0v) is 21.0. The van der Waals surface area contributed by atoms with Gasteiger partial charge in [-0.15, -0.1) is 0 Å². The third-order valence-electron chi connectivity index (χ3n) is 6.15. The van der Waals surface area contributed by atoms with Crippen molar-refractivity contribution in [2.24, 2.45) is 0 Å². The molecule has 0 radical (unpaired) electrons. The van der Waals surface area contributed by atoms with E-state index in [4.69, 9.17) is 21.3 Å². The maximum atomic E-state index is 14.8. The first-order valence-electron chi connectivity index (χ1n) is 11.6. The fourth-order valence-electron chi connectivity index (χ4n) is 4.62. The van der Waals surface area contributed by atoms with Crippen LogP contribution in [0.25, 0.3) is 11.0 Å². The second kappa shape index (κ2) is 9.40. The predicted molar refractivity (Wildman–Crippen MR) is 131 cm³/mol. The molecule has 2 aliphatic heterocycles. The molecule has 2 bridgehead atoms. The minimum Gasteiger partial charge on any atom is -0.444 e. The number of ether oxygens (including phenoxy) is 2. The number of amides is 1. The van der Waals surface area contributed by atoms with E-state index in [1.54, 1.807) is 11.0 Å². The van der Waals surface area contributed by atoms with Crippen LogP contribution in [-0.2, 0) is 4.74 Å². The number of fused-ring (bicyclic) bond motifs is 3. The molecule has 0 unspecified atom stereocenters. The molecule has 2 aromatic heterocycles. The highest BCUT2D eigenvalue weighted by atomic mass is 35.5. The molecule has 5 rings (SSSR count). The lowest BCUT2D eigenvalue weighted by molar-refractivity contribution is -0.0499. The topological polar surface area (TPSA) is 92.7 Å². The normalized spacial score (nSPS) is 19.1. The van der Waals surface area contributed by atoms with Gasteiger partial charge >= 0.3 is 12.7 Å². The van der Waals surface area contributed by atoms with Crippen molar-refractivity contribution < 1.29 is 27.4 Å². The number of carbonyl (C=O) groups is 1. The average Bonchev–Trinajstić information content (AvgIpc) is 3.44. The molecule has 2 saturated heterocycles. The molecular weight excluding hydrogens is 513 g/mol. The first kappa shape index (κ1) is 25.1. The summed E-state index contributed by atoms with van der Waals surface area (Å²) in [6, 6.07) is 6.06. The van der Waals surface area contributed by atoms with E-state index in [-0.39, 0.29) is 29.7 Å². The summed E-state index contributed by atoms with van der Waals surface area (Å²) in [5.41, 5.74) is 0.245. The first-order valence-corrected chi connectivity index (χ1v) is 12.0. The number of hydrogen-bond donors (Lipinski definition) is 1. The minimum atomic E-state index is -3.14. The summed E-state index contributed by atoms with van der Waals surface area (Å²) in [6.45, 7) is 3.49. The molecule has 13 heteroatoms. The summed E-state index contributed by atoms with van der Waals surface area (Å²) < 4.78 is 49.6. The van der Waals surface area contributed by atoms with Crippen LogP contribution in [-0.4, -0.2) is 63.3 Å². The molecule has 196 valence electrons. The molecule has 37 heavy (non-hydrogen) atoms. The Hall–Kier alpha value is -3.54. The Morgan fingerprint density at radius 2 is 1.95 bits per heavy atom. The quantitative estimate of drug-likeness (QED) is 0.466. The lowest BCUT2D eigenvalue weighted by Gasteiger charge is -2.35. The van der Waals surface area contributed by atoms with E-state index in [2.05, 4.69) is 24.9 Å². The van der Waals surface area contributed by atoms with Crippen LogP contribution in [0.3, 0.4) is 0 Å². The second-order valence-electron chi connectivity index (χ2n) is 9.83. The third kappa shape index (κ3) is 5.02. The van der Waals surface area contributed by atoms with Crippen molar-refractivity contribution in [2.45, 2.75) is 51.5 Å². The van der Waals surface area contributed by atoms with Crippen molar-refractivity contribution in [3.05, 3.63) is 41.4 Å². The van der Waals surface area contributed by atoms with Gasteiger partial charge in [-0.25, -0.2) is 24.1 Å². The molecule has 2 atom stereocenters. The number of pyridine rings is 1. The van der Waals surface area contributed by atoms with Crippen LogP contribution in [0.1, 0.15) is 27.2 Å². The number of piperazine rings is 1. The summed E-state index contributed by atoms with van der Waals surface area (Å²) in [5, 5.41) is 2.24. The highest BCUT2D eigenvalue weighted by Gasteiger charge is 2.47. The van der Waals surface area contributed by atoms with E-state index in [9.17, 15) is 18.0 Å². The maximum Gasteiger partial charge on any atom is 0.410 e. The lowest BCUT2D eigenvalue weighted by atomic mass is 10.2. The monoisotopic (exact) mass is 536 g/mol. The minimum absolute atomic E-state index is 0.00664. The molecule has 1 aromatic carbocycles. The summed E-state index contributed by atoms with van der Waals surface area (Å²) in [5.74, 6) is -0.566. The molecule has 1 N–H and O–H groups in total. The van der Waals surface area contributed by atoms with Crippen molar-refractivity contribution in [1.29, 1.82) is 0 Å². The van der Waals surface area contributed by atoms with Crippen LogP contribution in [0.5, 0.6) is 5.75 Å². The number of alkyl halides is 2. The summed E-state index contributed by atoms with van der Waals surface area (Å²) in [4.78, 5) is 29.6. The predicted octanol–water partition coefficient (Wildman–Crippen LogP) is 5.36. The van der Waals surface area contributed by atoms with Crippen LogP contribution in [0.2, 0.25) is 5.02 Å². The van der Waals surface area contributed by atoms with Crippen LogP contribution in [0.4, 0.5) is 35.3 Å². The number of nitrogens with one attached hydrogen (secondary N) is 1. The average molecular weight is 537 g/mol. The Morgan fingerprint density at radius 1 is 1.16 bits per heavy atom. The van der Waals surface area contributed by atoms with Gasteiger partial charge in [0.2, 0.25) is 0 Å². The van der Waals surface area contributed by atoms with Crippen molar-refractivity contribution in [3.8, 4) is 5.75 Å². The van der Waals surface area contributed by atoms with Gasteiger partial charge < -0.3 is 24.6 Å². The Kier molecular flexibility index (Phi) is 6.38. The van der Waals surface area contributed by atoms with Crippen molar-refractivity contribution >= 4 is 46.1 Å². The number of benzene rings is 1. The van der Waals surface area contributed by atoms with Crippen molar-refractivity contribution in [3.63, 3.8) is 0 Å². The standard InChI is InChI=1S/C24H24ClF3N6O3/c1-24(2,3)37-23(35)34-10-12-8-13(34)9-33(12)17-7-5-15-20(32-17)21(30-11-29-15)31-14-4-6-16(36-22(27)28)18(25)19(14)26/h4-7,11-13,22H,8-10H2,1-3H3,(H,29,30,31)/t12-,13-/m0/s1. The second-order valence-corrected chi connectivity index (χ2v) is 10.2.